The van der Waals surface area contributed by atoms with Crippen molar-refractivity contribution in [3.05, 3.63) is 30.1 Å². The number of azo groups is 1. The smallest absolute Gasteiger partial charge is 0.145 e. The molecule has 0 spiro atoms. The Kier molecular flexibility index (Phi) is 1.70. The normalized spacial score (nSPS) is 25.4. The summed E-state index contributed by atoms with van der Waals surface area (Å²) in [5.74, 6) is 0. The van der Waals surface area contributed by atoms with Crippen LogP contribution in [-0.4, -0.2) is 10.6 Å². The molecule has 1 atom stereocenters. The zero-order chi connectivity index (χ0) is 9.31. The highest BCUT2D eigenvalue weighted by Crippen LogP contribution is 2.24. The molecule has 4 nitrogen and oxygen atoms in total. The second kappa shape index (κ2) is 2.74. The van der Waals surface area contributed by atoms with Crippen LogP contribution >= 0.6 is 0 Å². The quantitative estimate of drug-likeness (QED) is 0.652. The van der Waals surface area contributed by atoms with Gasteiger partial charge in [0, 0.05) is 18.0 Å². The Morgan fingerprint density at radius 3 is 3.15 bits per heavy atom. The summed E-state index contributed by atoms with van der Waals surface area (Å²) in [5.41, 5.74) is 6.83. The first-order valence-electron chi connectivity index (χ1n) is 4.02. The van der Waals surface area contributed by atoms with Gasteiger partial charge in [-0.05, 0) is 19.1 Å². The molecule has 4 heteroatoms. The van der Waals surface area contributed by atoms with Crippen molar-refractivity contribution >= 4 is 11.8 Å². The number of aromatic nitrogens is 1. The molecule has 1 aromatic heterocycles. The molecule has 0 bridgehead atoms. The van der Waals surface area contributed by atoms with Gasteiger partial charge in [0.2, 0.25) is 0 Å². The minimum Gasteiger partial charge on any atom is -0.303 e. The molecule has 2 heterocycles. The lowest BCUT2D eigenvalue weighted by Gasteiger charge is -2.09. The van der Waals surface area contributed by atoms with Gasteiger partial charge < -0.3 is 5.73 Å². The molecule has 1 aliphatic heterocycles. The highest BCUT2D eigenvalue weighted by molar-refractivity contribution is 5.63. The second-order valence-electron chi connectivity index (χ2n) is 3.19. The van der Waals surface area contributed by atoms with E-state index in [0.29, 0.717) is 0 Å². The molecule has 1 unspecified atom stereocenters. The van der Waals surface area contributed by atoms with Crippen molar-refractivity contribution in [1.82, 2.24) is 4.98 Å². The highest BCUT2D eigenvalue weighted by Gasteiger charge is 2.15. The fourth-order valence-electron chi connectivity index (χ4n) is 1.07. The Bertz CT molecular complexity index is 344. The van der Waals surface area contributed by atoms with Gasteiger partial charge in [0.15, 0.2) is 0 Å². The van der Waals surface area contributed by atoms with Crippen LogP contribution in [0.4, 0.5) is 5.69 Å². The number of nitrogens with zero attached hydrogens (tertiary/aromatic N) is 3. The molecule has 1 aromatic rings. The lowest BCUT2D eigenvalue weighted by molar-refractivity contribution is 0.591. The van der Waals surface area contributed by atoms with Gasteiger partial charge in [0.25, 0.3) is 0 Å². The van der Waals surface area contributed by atoms with E-state index in [2.05, 4.69) is 15.2 Å². The third-order valence-electron chi connectivity index (χ3n) is 1.80. The Morgan fingerprint density at radius 1 is 1.46 bits per heavy atom. The average molecular weight is 174 g/mol. The molecular weight excluding hydrogens is 164 g/mol. The largest absolute Gasteiger partial charge is 0.303 e. The molecule has 1 aliphatic rings. The average Bonchev–Trinajstić information content (AvgIpc) is 2.27. The lowest BCUT2D eigenvalue weighted by atomic mass is 10.1. The summed E-state index contributed by atoms with van der Waals surface area (Å²) in [6.07, 6.45) is 7.13. The molecule has 66 valence electrons. The molecule has 2 rings (SSSR count). The van der Waals surface area contributed by atoms with Crippen LogP contribution in [-0.2, 0) is 0 Å². The number of rotatable bonds is 0. The Balaban J connectivity index is 2.53. The maximum atomic E-state index is 5.79. The summed E-state index contributed by atoms with van der Waals surface area (Å²) in [6.45, 7) is 1.80. The van der Waals surface area contributed by atoms with E-state index in [9.17, 15) is 0 Å². The molecule has 0 amide bonds. The molecule has 0 aromatic carbocycles. The number of hydrogen-bond donors (Lipinski definition) is 1. The monoisotopic (exact) mass is 174 g/mol. The summed E-state index contributed by atoms with van der Waals surface area (Å²) in [7, 11) is 0. The third-order valence-corrected chi connectivity index (χ3v) is 1.80. The molecule has 0 saturated heterocycles. The van der Waals surface area contributed by atoms with E-state index >= 15 is 0 Å². The molecule has 2 N–H and O–H groups in total. The third kappa shape index (κ3) is 1.62. The van der Waals surface area contributed by atoms with Gasteiger partial charge in [0.05, 0.1) is 5.69 Å². The maximum Gasteiger partial charge on any atom is 0.145 e. The first kappa shape index (κ1) is 8.07. The minimum atomic E-state index is -0.709. The SMILES string of the molecule is CC1(N)C=Cc2cnccc2N=N1. The number of fused-ring (bicyclic) bond motifs is 1. The van der Waals surface area contributed by atoms with Crippen LogP contribution in [0.3, 0.4) is 0 Å². The van der Waals surface area contributed by atoms with Gasteiger partial charge >= 0.3 is 0 Å². The topological polar surface area (TPSA) is 63.6 Å². The molecule has 0 aliphatic carbocycles. The van der Waals surface area contributed by atoms with E-state index in [1.54, 1.807) is 19.3 Å². The fraction of sp³-hybridized carbons (Fsp3) is 0.222. The van der Waals surface area contributed by atoms with Crippen molar-refractivity contribution in [2.45, 2.75) is 12.6 Å². The van der Waals surface area contributed by atoms with Crippen LogP contribution < -0.4 is 5.73 Å². The standard InChI is InChI=1S/C9H10N4/c1-9(10)4-2-7-6-11-5-3-8(7)12-13-9/h2-6H,10H2,1H3. The van der Waals surface area contributed by atoms with Crippen LogP contribution in [0.2, 0.25) is 0 Å². The predicted molar refractivity (Wildman–Crippen MR) is 50.4 cm³/mol. The van der Waals surface area contributed by atoms with Gasteiger partial charge in [-0.1, -0.05) is 6.08 Å². The fourth-order valence-corrected chi connectivity index (χ4v) is 1.07. The molecular formula is C9H10N4. The summed E-state index contributed by atoms with van der Waals surface area (Å²) in [6, 6.07) is 1.81. The van der Waals surface area contributed by atoms with Crippen molar-refractivity contribution in [1.29, 1.82) is 0 Å². The van der Waals surface area contributed by atoms with Crippen LogP contribution in [0.15, 0.2) is 34.8 Å². The molecule has 0 fully saturated rings. The zero-order valence-corrected chi connectivity index (χ0v) is 7.31. The van der Waals surface area contributed by atoms with E-state index in [1.165, 1.54) is 0 Å². The van der Waals surface area contributed by atoms with E-state index in [4.69, 9.17) is 5.73 Å². The van der Waals surface area contributed by atoms with Crippen molar-refractivity contribution in [3.8, 4) is 0 Å². The van der Waals surface area contributed by atoms with Crippen molar-refractivity contribution < 1.29 is 0 Å². The summed E-state index contributed by atoms with van der Waals surface area (Å²) >= 11 is 0. The zero-order valence-electron chi connectivity index (χ0n) is 7.31. The van der Waals surface area contributed by atoms with E-state index in [0.717, 1.165) is 11.3 Å². The molecule has 13 heavy (non-hydrogen) atoms. The van der Waals surface area contributed by atoms with Gasteiger partial charge in [-0.2, -0.15) is 10.2 Å². The van der Waals surface area contributed by atoms with Crippen LogP contribution in [0, 0.1) is 0 Å². The minimum absolute atomic E-state index is 0.709. The highest BCUT2D eigenvalue weighted by atomic mass is 15.2. The number of nitrogens with two attached hydrogens (primary N) is 1. The van der Waals surface area contributed by atoms with Crippen LogP contribution in [0.25, 0.3) is 6.08 Å². The molecule has 0 radical (unpaired) electrons. The second-order valence-corrected chi connectivity index (χ2v) is 3.19. The summed E-state index contributed by atoms with van der Waals surface area (Å²) in [5, 5.41) is 8.02. The van der Waals surface area contributed by atoms with Gasteiger partial charge in [-0.25, -0.2) is 0 Å². The number of pyridine rings is 1. The lowest BCUT2D eigenvalue weighted by Crippen LogP contribution is -2.29. The Hall–Kier alpha value is -1.55. The van der Waals surface area contributed by atoms with Crippen LogP contribution in [0.5, 0.6) is 0 Å². The molecule has 0 saturated carbocycles. The van der Waals surface area contributed by atoms with Crippen LogP contribution in [0.1, 0.15) is 12.5 Å². The van der Waals surface area contributed by atoms with E-state index in [-0.39, 0.29) is 0 Å². The van der Waals surface area contributed by atoms with Crippen molar-refractivity contribution in [2.24, 2.45) is 16.0 Å². The Labute approximate surface area is 76.2 Å². The Morgan fingerprint density at radius 2 is 2.31 bits per heavy atom. The number of hydrogen-bond acceptors (Lipinski definition) is 4. The van der Waals surface area contributed by atoms with Gasteiger partial charge in [-0.3, -0.25) is 4.98 Å². The van der Waals surface area contributed by atoms with E-state index < -0.39 is 5.66 Å². The summed E-state index contributed by atoms with van der Waals surface area (Å²) in [4.78, 5) is 3.99. The van der Waals surface area contributed by atoms with Crippen molar-refractivity contribution in [3.63, 3.8) is 0 Å². The van der Waals surface area contributed by atoms with Gasteiger partial charge in [0.1, 0.15) is 5.66 Å². The predicted octanol–water partition coefficient (Wildman–Crippen LogP) is 1.87. The van der Waals surface area contributed by atoms with Crippen molar-refractivity contribution in [2.75, 3.05) is 0 Å². The maximum absolute atomic E-state index is 5.79. The summed E-state index contributed by atoms with van der Waals surface area (Å²) < 4.78 is 0. The first-order valence-corrected chi connectivity index (χ1v) is 4.02. The first-order chi connectivity index (χ1) is 6.17. The van der Waals surface area contributed by atoms with E-state index in [1.807, 2.05) is 18.2 Å². The van der Waals surface area contributed by atoms with Gasteiger partial charge in [-0.15, -0.1) is 0 Å².